The number of carboxylic acids is 2. The summed E-state index contributed by atoms with van der Waals surface area (Å²) in [5.41, 5.74) is 0. The zero-order chi connectivity index (χ0) is 19.6. The van der Waals surface area contributed by atoms with Gasteiger partial charge in [0.15, 0.2) is 0 Å². The van der Waals surface area contributed by atoms with Gasteiger partial charge in [-0.25, -0.2) is 9.59 Å². The summed E-state index contributed by atoms with van der Waals surface area (Å²) in [6.45, 7) is 15.0. The molecule has 0 unspecified atom stereocenters. The predicted molar refractivity (Wildman–Crippen MR) is 111 cm³/mol. The Morgan fingerprint density at radius 2 is 0.885 bits per heavy atom. The van der Waals surface area contributed by atoms with Gasteiger partial charge in [0.1, 0.15) is 0 Å². The van der Waals surface area contributed by atoms with Crippen molar-refractivity contribution in [3.05, 3.63) is 12.2 Å². The molecule has 0 aromatic carbocycles. The zero-order valence-electron chi connectivity index (χ0n) is 16.8. The first kappa shape index (κ1) is 31.0. The summed E-state index contributed by atoms with van der Waals surface area (Å²) in [6.07, 6.45) is 12.2. The minimum atomic E-state index is -1.26. The molecule has 5 nitrogen and oxygen atoms in total. The molecule has 0 amide bonds. The molecule has 0 bridgehead atoms. The van der Waals surface area contributed by atoms with Crippen LogP contribution >= 0.6 is 0 Å². The summed E-state index contributed by atoms with van der Waals surface area (Å²) >= 11 is 0. The van der Waals surface area contributed by atoms with E-state index in [-0.39, 0.29) is 51.4 Å². The van der Waals surface area contributed by atoms with Crippen LogP contribution < -0.4 is 0 Å². The Kier molecular flexibility index (Phi) is 25.7. The van der Waals surface area contributed by atoms with Gasteiger partial charge in [0.05, 0.1) is 26.2 Å². The third-order valence-corrected chi connectivity index (χ3v) is 4.31. The van der Waals surface area contributed by atoms with E-state index in [0.29, 0.717) is 12.2 Å². The number of hydrogen-bond acceptors (Lipinski definition) is 2. The normalized spacial score (nSPS) is 10.8. The molecule has 0 saturated heterocycles. The number of nitrogens with zero attached hydrogens (tertiary/aromatic N) is 1. The SMILES string of the molecule is CCCC[N+](CCCC)(CCCC)CCCC.O=C(O)/C=C/C(=O)O.[KH]. The Morgan fingerprint density at radius 1 is 0.654 bits per heavy atom. The predicted octanol–water partition coefficient (Wildman–Crippen LogP) is 4.07. The van der Waals surface area contributed by atoms with Crippen molar-refractivity contribution in [3.8, 4) is 0 Å². The summed E-state index contributed by atoms with van der Waals surface area (Å²) in [5.74, 6) is -2.51. The molecule has 0 atom stereocenters. The Bertz CT molecular complexity index is 319. The summed E-state index contributed by atoms with van der Waals surface area (Å²) in [6, 6.07) is 0. The summed E-state index contributed by atoms with van der Waals surface area (Å²) in [5, 5.41) is 15.6. The Labute approximate surface area is 203 Å². The fourth-order valence-corrected chi connectivity index (χ4v) is 2.79. The molecule has 26 heavy (non-hydrogen) atoms. The first-order valence-electron chi connectivity index (χ1n) is 9.86. The second-order valence-corrected chi connectivity index (χ2v) is 6.66. The number of unbranched alkanes of at least 4 members (excludes halogenated alkanes) is 4. The van der Waals surface area contributed by atoms with Crippen LogP contribution in [0.25, 0.3) is 0 Å². The Morgan fingerprint density at radius 3 is 1.04 bits per heavy atom. The van der Waals surface area contributed by atoms with Crippen LogP contribution in [-0.2, 0) is 9.59 Å². The van der Waals surface area contributed by atoms with Crippen molar-refractivity contribution in [2.75, 3.05) is 26.2 Å². The molecule has 0 aliphatic heterocycles. The molecule has 0 aliphatic carbocycles. The standard InChI is InChI=1S/C16H36N.C4H4O4.K.H/c1-5-9-13-17(14-10-6-2,15-11-7-3)16-12-8-4;5-3(6)1-2-4(7)8;;/h5-16H2,1-4H3;1-2H,(H,5,6)(H,7,8);;/q+1;;;/b;2-1+;;. The Balaban J connectivity index is -0.000000498. The van der Waals surface area contributed by atoms with Crippen LogP contribution in [0.5, 0.6) is 0 Å². The molecule has 2 N–H and O–H groups in total. The van der Waals surface area contributed by atoms with Crippen LogP contribution in [0, 0.1) is 0 Å². The molecule has 0 aliphatic rings. The van der Waals surface area contributed by atoms with Crippen LogP contribution in [0.3, 0.4) is 0 Å². The van der Waals surface area contributed by atoms with Crippen molar-refractivity contribution in [1.29, 1.82) is 0 Å². The van der Waals surface area contributed by atoms with Crippen molar-refractivity contribution in [2.45, 2.75) is 79.1 Å². The molecule has 0 heterocycles. The summed E-state index contributed by atoms with van der Waals surface area (Å²) < 4.78 is 1.42. The molecular weight excluding hydrogens is 357 g/mol. The van der Waals surface area contributed by atoms with Crippen LogP contribution in [0.15, 0.2) is 12.2 Å². The van der Waals surface area contributed by atoms with Gasteiger partial charge in [0.2, 0.25) is 0 Å². The van der Waals surface area contributed by atoms with Crippen molar-refractivity contribution in [3.63, 3.8) is 0 Å². The van der Waals surface area contributed by atoms with Gasteiger partial charge in [0, 0.05) is 12.2 Å². The van der Waals surface area contributed by atoms with Gasteiger partial charge in [-0.3, -0.25) is 0 Å². The van der Waals surface area contributed by atoms with Gasteiger partial charge in [-0.1, -0.05) is 53.4 Å². The van der Waals surface area contributed by atoms with Gasteiger partial charge in [-0.15, -0.1) is 0 Å². The number of carbonyl (C=O) groups is 2. The quantitative estimate of drug-likeness (QED) is 0.263. The van der Waals surface area contributed by atoms with E-state index in [2.05, 4.69) is 27.7 Å². The number of rotatable bonds is 14. The van der Waals surface area contributed by atoms with Gasteiger partial charge >= 0.3 is 63.3 Å². The topological polar surface area (TPSA) is 74.6 Å². The number of carboxylic acid groups (broad SMARTS) is 2. The van der Waals surface area contributed by atoms with E-state index in [1.807, 2.05) is 0 Å². The van der Waals surface area contributed by atoms with Crippen LogP contribution in [0.4, 0.5) is 0 Å². The minimum absolute atomic E-state index is 0. The Hall–Kier alpha value is 0.276. The second-order valence-electron chi connectivity index (χ2n) is 6.66. The third-order valence-electron chi connectivity index (χ3n) is 4.31. The first-order chi connectivity index (χ1) is 11.9. The van der Waals surface area contributed by atoms with E-state index >= 15 is 0 Å². The van der Waals surface area contributed by atoms with Gasteiger partial charge in [-0.2, -0.15) is 0 Å². The monoisotopic (exact) mass is 398 g/mol. The number of aliphatic carboxylic acids is 2. The van der Waals surface area contributed by atoms with Gasteiger partial charge in [-0.05, 0) is 25.7 Å². The fourth-order valence-electron chi connectivity index (χ4n) is 2.79. The van der Waals surface area contributed by atoms with E-state index in [1.54, 1.807) is 0 Å². The van der Waals surface area contributed by atoms with Gasteiger partial charge < -0.3 is 14.7 Å². The summed E-state index contributed by atoms with van der Waals surface area (Å²) in [4.78, 5) is 19.1. The van der Waals surface area contributed by atoms with Crippen molar-refractivity contribution < 1.29 is 24.3 Å². The summed E-state index contributed by atoms with van der Waals surface area (Å²) in [7, 11) is 0. The van der Waals surface area contributed by atoms with E-state index in [9.17, 15) is 9.59 Å². The maximum atomic E-state index is 9.55. The van der Waals surface area contributed by atoms with Crippen LogP contribution in [0.2, 0.25) is 0 Å². The average Bonchev–Trinajstić information content (AvgIpc) is 2.59. The van der Waals surface area contributed by atoms with Crippen molar-refractivity contribution in [2.24, 2.45) is 0 Å². The molecule has 0 rings (SSSR count). The van der Waals surface area contributed by atoms with Crippen molar-refractivity contribution >= 4 is 63.3 Å². The molecule has 0 radical (unpaired) electrons. The van der Waals surface area contributed by atoms with Crippen LogP contribution in [0.1, 0.15) is 79.1 Å². The third kappa shape index (κ3) is 20.6. The maximum absolute atomic E-state index is 9.55. The van der Waals surface area contributed by atoms with E-state index < -0.39 is 11.9 Å². The van der Waals surface area contributed by atoms with Gasteiger partial charge in [0.25, 0.3) is 0 Å². The molecule has 0 aromatic heterocycles. The van der Waals surface area contributed by atoms with E-state index in [4.69, 9.17) is 10.2 Å². The number of quaternary nitrogens is 1. The van der Waals surface area contributed by atoms with Crippen molar-refractivity contribution in [1.82, 2.24) is 0 Å². The second kappa shape index (κ2) is 21.6. The fraction of sp³-hybridized carbons (Fsp3) is 0.800. The van der Waals surface area contributed by atoms with Crippen LogP contribution in [-0.4, -0.2) is 104 Å². The first-order valence-corrected chi connectivity index (χ1v) is 9.86. The number of hydrogen-bond donors (Lipinski definition) is 2. The molecule has 0 saturated carbocycles. The molecule has 0 aromatic rings. The van der Waals surface area contributed by atoms with E-state index in [0.717, 1.165) is 0 Å². The molecule has 6 heteroatoms. The molecule has 0 fully saturated rings. The van der Waals surface area contributed by atoms with E-state index in [1.165, 1.54) is 82.0 Å². The average molecular weight is 399 g/mol. The zero-order valence-corrected chi connectivity index (χ0v) is 16.8. The molecule has 0 spiro atoms. The molecule has 150 valence electrons. The molecular formula is C20H41KNO4+.